The molecular weight excluding hydrogens is 412 g/mol. The molecule has 0 aliphatic carbocycles. The molecule has 22 heavy (non-hydrogen) atoms. The summed E-state index contributed by atoms with van der Waals surface area (Å²) in [5, 5.41) is 6.49. The molecular formula is C16H22Br2N2O2. The van der Waals surface area contributed by atoms with Crippen molar-refractivity contribution in [3.63, 3.8) is 0 Å². The van der Waals surface area contributed by atoms with E-state index >= 15 is 0 Å². The van der Waals surface area contributed by atoms with Gasteiger partial charge in [0.2, 0.25) is 0 Å². The number of piperidine rings is 1. The third kappa shape index (κ3) is 5.56. The van der Waals surface area contributed by atoms with E-state index in [1.165, 1.54) is 5.56 Å². The predicted molar refractivity (Wildman–Crippen MR) is 95.0 cm³/mol. The molecule has 2 N–H and O–H groups in total. The summed E-state index contributed by atoms with van der Waals surface area (Å²) in [4.78, 5) is 11.9. The fourth-order valence-electron chi connectivity index (χ4n) is 2.55. The Bertz CT molecular complexity index is 523. The van der Waals surface area contributed by atoms with E-state index in [0.29, 0.717) is 0 Å². The molecule has 2 unspecified atom stereocenters. The first-order valence-corrected chi connectivity index (χ1v) is 9.00. The van der Waals surface area contributed by atoms with Crippen LogP contribution in [0.4, 0.5) is 4.79 Å². The number of rotatable bonds is 2. The van der Waals surface area contributed by atoms with Gasteiger partial charge in [-0.05, 0) is 63.9 Å². The van der Waals surface area contributed by atoms with E-state index in [2.05, 4.69) is 54.6 Å². The Morgan fingerprint density at radius 3 is 2.50 bits per heavy atom. The molecule has 0 spiro atoms. The van der Waals surface area contributed by atoms with E-state index in [1.54, 1.807) is 0 Å². The first-order valence-electron chi connectivity index (χ1n) is 7.42. The predicted octanol–water partition coefficient (Wildman–Crippen LogP) is 4.53. The van der Waals surface area contributed by atoms with Crippen LogP contribution in [0.2, 0.25) is 0 Å². The fraction of sp³-hybridized carbons (Fsp3) is 0.562. The molecule has 0 aromatic heterocycles. The minimum atomic E-state index is -0.467. The number of hydrogen-bond donors (Lipinski definition) is 2. The second kappa shape index (κ2) is 7.32. The third-order valence-corrected chi connectivity index (χ3v) is 4.33. The first kappa shape index (κ1) is 17.8. The summed E-state index contributed by atoms with van der Waals surface area (Å²) in [5.41, 5.74) is 0.739. The second-order valence-electron chi connectivity index (χ2n) is 6.58. The van der Waals surface area contributed by atoms with Crippen LogP contribution in [0.3, 0.4) is 0 Å². The van der Waals surface area contributed by atoms with Crippen molar-refractivity contribution in [3.8, 4) is 0 Å². The van der Waals surface area contributed by atoms with Crippen LogP contribution in [-0.4, -0.2) is 24.3 Å². The first-order chi connectivity index (χ1) is 10.2. The van der Waals surface area contributed by atoms with Gasteiger partial charge in [0.25, 0.3) is 0 Å². The average molecular weight is 434 g/mol. The quantitative estimate of drug-likeness (QED) is 0.720. The van der Waals surface area contributed by atoms with E-state index < -0.39 is 5.60 Å². The summed E-state index contributed by atoms with van der Waals surface area (Å²) >= 11 is 7.04. The Morgan fingerprint density at radius 2 is 1.91 bits per heavy atom. The molecule has 1 fully saturated rings. The molecule has 1 amide bonds. The van der Waals surface area contributed by atoms with E-state index in [-0.39, 0.29) is 18.2 Å². The van der Waals surface area contributed by atoms with Crippen molar-refractivity contribution in [1.82, 2.24) is 10.6 Å². The zero-order valence-corrected chi connectivity index (χ0v) is 16.3. The number of amides is 1. The third-order valence-electron chi connectivity index (χ3n) is 3.41. The number of halogens is 2. The minimum Gasteiger partial charge on any atom is -0.444 e. The van der Waals surface area contributed by atoms with Crippen LogP contribution in [0.15, 0.2) is 27.1 Å². The van der Waals surface area contributed by atoms with Gasteiger partial charge in [0, 0.05) is 21.0 Å². The van der Waals surface area contributed by atoms with Gasteiger partial charge in [-0.1, -0.05) is 31.9 Å². The Morgan fingerprint density at radius 1 is 1.27 bits per heavy atom. The molecule has 0 radical (unpaired) electrons. The van der Waals surface area contributed by atoms with Gasteiger partial charge in [0.05, 0.1) is 0 Å². The van der Waals surface area contributed by atoms with E-state index in [9.17, 15) is 4.79 Å². The zero-order valence-electron chi connectivity index (χ0n) is 13.1. The van der Waals surface area contributed by atoms with Gasteiger partial charge < -0.3 is 15.4 Å². The Balaban J connectivity index is 1.98. The highest BCUT2D eigenvalue weighted by Gasteiger charge is 2.26. The molecule has 1 aromatic rings. The van der Waals surface area contributed by atoms with Crippen molar-refractivity contribution >= 4 is 38.0 Å². The van der Waals surface area contributed by atoms with Crippen LogP contribution >= 0.6 is 31.9 Å². The number of carbonyl (C=O) groups excluding carboxylic acids is 1. The second-order valence-corrected chi connectivity index (χ2v) is 8.41. The van der Waals surface area contributed by atoms with Crippen LogP contribution in [0, 0.1) is 0 Å². The molecule has 1 aliphatic heterocycles. The highest BCUT2D eigenvalue weighted by molar-refractivity contribution is 9.11. The molecule has 4 nitrogen and oxygen atoms in total. The summed E-state index contributed by atoms with van der Waals surface area (Å²) in [6.07, 6.45) is 1.42. The van der Waals surface area contributed by atoms with Gasteiger partial charge >= 0.3 is 6.09 Å². The van der Waals surface area contributed by atoms with E-state index in [1.807, 2.05) is 26.8 Å². The van der Waals surface area contributed by atoms with Crippen molar-refractivity contribution in [1.29, 1.82) is 0 Å². The lowest BCUT2D eigenvalue weighted by Crippen LogP contribution is -2.45. The number of benzene rings is 1. The molecule has 0 saturated carbocycles. The zero-order chi connectivity index (χ0) is 16.3. The van der Waals surface area contributed by atoms with Crippen molar-refractivity contribution < 1.29 is 9.53 Å². The minimum absolute atomic E-state index is 0.124. The molecule has 2 rings (SSSR count). The van der Waals surface area contributed by atoms with Gasteiger partial charge in [-0.15, -0.1) is 0 Å². The SMILES string of the molecule is CC(C)(C)OC(=O)NC1CCNC(c2cc(Br)cc(Br)c2)C1. The number of carbonyl (C=O) groups is 1. The summed E-state index contributed by atoms with van der Waals surface area (Å²) in [6.45, 7) is 6.49. The van der Waals surface area contributed by atoms with Gasteiger partial charge in [0.15, 0.2) is 0 Å². The van der Waals surface area contributed by atoms with Gasteiger partial charge in [-0.3, -0.25) is 0 Å². The Kier molecular flexibility index (Phi) is 5.91. The highest BCUT2D eigenvalue weighted by atomic mass is 79.9. The van der Waals surface area contributed by atoms with Gasteiger partial charge in [0.1, 0.15) is 5.60 Å². The highest BCUT2D eigenvalue weighted by Crippen LogP contribution is 2.29. The molecule has 122 valence electrons. The molecule has 6 heteroatoms. The van der Waals surface area contributed by atoms with E-state index in [0.717, 1.165) is 28.3 Å². The Labute approximate surface area is 148 Å². The number of nitrogens with one attached hydrogen (secondary N) is 2. The summed E-state index contributed by atoms with van der Waals surface area (Å²) in [6, 6.07) is 6.58. The Hall–Kier alpha value is -0.590. The van der Waals surface area contributed by atoms with Crippen LogP contribution in [0.1, 0.15) is 45.2 Å². The maximum atomic E-state index is 11.9. The van der Waals surface area contributed by atoms with Crippen molar-refractivity contribution in [2.24, 2.45) is 0 Å². The maximum Gasteiger partial charge on any atom is 0.407 e. The van der Waals surface area contributed by atoms with Crippen molar-refractivity contribution in [3.05, 3.63) is 32.7 Å². The monoisotopic (exact) mass is 432 g/mol. The van der Waals surface area contributed by atoms with Crippen LogP contribution in [0.5, 0.6) is 0 Å². The number of ether oxygens (including phenoxy) is 1. The average Bonchev–Trinajstić information content (AvgIpc) is 2.35. The molecule has 1 aromatic carbocycles. The summed E-state index contributed by atoms with van der Waals surface area (Å²) in [7, 11) is 0. The lowest BCUT2D eigenvalue weighted by molar-refractivity contribution is 0.0490. The van der Waals surface area contributed by atoms with Gasteiger partial charge in [-0.2, -0.15) is 0 Å². The molecule has 1 heterocycles. The van der Waals surface area contributed by atoms with Crippen LogP contribution in [-0.2, 0) is 4.74 Å². The lowest BCUT2D eigenvalue weighted by Gasteiger charge is -2.32. The summed E-state index contributed by atoms with van der Waals surface area (Å²) < 4.78 is 7.42. The largest absolute Gasteiger partial charge is 0.444 e. The topological polar surface area (TPSA) is 50.4 Å². The van der Waals surface area contributed by atoms with Crippen molar-refractivity contribution in [2.75, 3.05) is 6.54 Å². The smallest absolute Gasteiger partial charge is 0.407 e. The molecule has 2 atom stereocenters. The van der Waals surface area contributed by atoms with Crippen LogP contribution in [0.25, 0.3) is 0 Å². The molecule has 0 bridgehead atoms. The van der Waals surface area contributed by atoms with Crippen LogP contribution < -0.4 is 10.6 Å². The maximum absolute atomic E-state index is 11.9. The van der Waals surface area contributed by atoms with Gasteiger partial charge in [-0.25, -0.2) is 4.79 Å². The normalized spacial score (nSPS) is 22.2. The lowest BCUT2D eigenvalue weighted by atomic mass is 9.94. The van der Waals surface area contributed by atoms with E-state index in [4.69, 9.17) is 4.74 Å². The molecule has 1 aliphatic rings. The fourth-order valence-corrected chi connectivity index (χ4v) is 3.88. The van der Waals surface area contributed by atoms with Crippen molar-refractivity contribution in [2.45, 2.75) is 51.3 Å². The molecule has 1 saturated heterocycles. The summed E-state index contributed by atoms with van der Waals surface area (Å²) in [5.74, 6) is 0. The standard InChI is InChI=1S/C16H22Br2N2O2/c1-16(2,3)22-15(21)20-13-4-5-19-14(9-13)10-6-11(17)8-12(18)7-10/h6-8,13-14,19H,4-5,9H2,1-3H3,(H,20,21). The number of hydrogen-bond acceptors (Lipinski definition) is 3. The number of alkyl carbamates (subject to hydrolysis) is 1.